The first-order chi connectivity index (χ1) is 16.4. The fraction of sp³-hybridized carbons (Fsp3) is 0.217. The van der Waals surface area contributed by atoms with E-state index in [1.54, 1.807) is 42.7 Å². The van der Waals surface area contributed by atoms with Crippen LogP contribution in [0.3, 0.4) is 0 Å². The van der Waals surface area contributed by atoms with Crippen molar-refractivity contribution in [3.63, 3.8) is 0 Å². The van der Waals surface area contributed by atoms with Gasteiger partial charge in [-0.15, -0.1) is 0 Å². The van der Waals surface area contributed by atoms with Crippen LogP contribution in [0.15, 0.2) is 55.0 Å². The van der Waals surface area contributed by atoms with Crippen molar-refractivity contribution >= 4 is 23.7 Å². The SMILES string of the molecule is Nc1ncc(-c2cccc(C(=O)NCc3cccnc3)c2)nc1C(=O)N[C@H]1CCN(C(=O)O)C1. The van der Waals surface area contributed by atoms with Crippen LogP contribution in [-0.2, 0) is 6.54 Å². The first-order valence-corrected chi connectivity index (χ1v) is 10.6. The van der Waals surface area contributed by atoms with Gasteiger partial charge < -0.3 is 26.4 Å². The van der Waals surface area contributed by atoms with Gasteiger partial charge in [-0.2, -0.15) is 0 Å². The molecule has 1 aromatic carbocycles. The second-order valence-electron chi connectivity index (χ2n) is 7.80. The molecule has 34 heavy (non-hydrogen) atoms. The van der Waals surface area contributed by atoms with Gasteiger partial charge >= 0.3 is 6.09 Å². The molecule has 0 saturated carbocycles. The van der Waals surface area contributed by atoms with Crippen molar-refractivity contribution in [2.75, 3.05) is 18.8 Å². The van der Waals surface area contributed by atoms with Crippen molar-refractivity contribution in [3.05, 3.63) is 71.8 Å². The van der Waals surface area contributed by atoms with Crippen molar-refractivity contribution in [3.8, 4) is 11.3 Å². The van der Waals surface area contributed by atoms with Gasteiger partial charge in [-0.1, -0.05) is 18.2 Å². The molecule has 0 bridgehead atoms. The van der Waals surface area contributed by atoms with Crippen LogP contribution in [-0.4, -0.2) is 62.0 Å². The Labute approximate surface area is 195 Å². The number of rotatable bonds is 6. The summed E-state index contributed by atoms with van der Waals surface area (Å²) in [5.74, 6) is -0.842. The molecule has 5 N–H and O–H groups in total. The quantitative estimate of drug-likeness (QED) is 0.429. The van der Waals surface area contributed by atoms with Gasteiger partial charge in [0, 0.05) is 49.2 Å². The summed E-state index contributed by atoms with van der Waals surface area (Å²) in [5, 5.41) is 14.7. The molecule has 0 spiro atoms. The zero-order chi connectivity index (χ0) is 24.1. The van der Waals surface area contributed by atoms with Crippen LogP contribution in [0.25, 0.3) is 11.3 Å². The summed E-state index contributed by atoms with van der Waals surface area (Å²) in [5.41, 5.74) is 8.09. The predicted octanol–water partition coefficient (Wildman–Crippen LogP) is 1.53. The van der Waals surface area contributed by atoms with Gasteiger partial charge in [-0.05, 0) is 30.2 Å². The largest absolute Gasteiger partial charge is 0.465 e. The first kappa shape index (κ1) is 22.6. The van der Waals surface area contributed by atoms with Gasteiger partial charge in [-0.3, -0.25) is 14.6 Å². The third-order valence-corrected chi connectivity index (χ3v) is 5.41. The maximum absolute atomic E-state index is 12.7. The molecule has 174 valence electrons. The number of pyridine rings is 1. The molecular formula is C23H23N7O4. The molecule has 0 radical (unpaired) electrons. The summed E-state index contributed by atoms with van der Waals surface area (Å²) >= 11 is 0. The number of nitrogens with zero attached hydrogens (tertiary/aromatic N) is 4. The van der Waals surface area contributed by atoms with Gasteiger partial charge in [0.25, 0.3) is 11.8 Å². The minimum atomic E-state index is -1.03. The Hall–Kier alpha value is -4.54. The normalized spacial score (nSPS) is 15.1. The zero-order valence-corrected chi connectivity index (χ0v) is 18.1. The van der Waals surface area contributed by atoms with Crippen LogP contribution >= 0.6 is 0 Å². The van der Waals surface area contributed by atoms with Gasteiger partial charge in [0.05, 0.1) is 11.9 Å². The monoisotopic (exact) mass is 461 g/mol. The smallest absolute Gasteiger partial charge is 0.407 e. The minimum Gasteiger partial charge on any atom is -0.465 e. The second kappa shape index (κ2) is 9.94. The fourth-order valence-corrected chi connectivity index (χ4v) is 3.62. The fourth-order valence-electron chi connectivity index (χ4n) is 3.62. The Kier molecular flexibility index (Phi) is 6.62. The molecule has 0 unspecified atom stereocenters. The molecule has 1 saturated heterocycles. The number of likely N-dealkylation sites (tertiary alicyclic amines) is 1. The molecule has 11 heteroatoms. The molecule has 11 nitrogen and oxygen atoms in total. The van der Waals surface area contributed by atoms with Crippen molar-refractivity contribution in [2.24, 2.45) is 0 Å². The highest BCUT2D eigenvalue weighted by atomic mass is 16.4. The standard InChI is InChI=1S/C23H23N7O4/c24-20-19(22(32)28-17-6-8-30(13-17)23(33)34)29-18(12-26-20)15-4-1-5-16(9-15)21(31)27-11-14-3-2-7-25-10-14/h1-5,7,9-10,12,17H,6,8,11,13H2,(H2,24,26)(H,27,31)(H,28,32)(H,33,34)/t17-/m0/s1. The number of anilines is 1. The van der Waals surface area contributed by atoms with E-state index < -0.39 is 12.0 Å². The predicted molar refractivity (Wildman–Crippen MR) is 123 cm³/mol. The van der Waals surface area contributed by atoms with Crippen molar-refractivity contribution < 1.29 is 19.5 Å². The summed E-state index contributed by atoms with van der Waals surface area (Å²) in [7, 11) is 0. The zero-order valence-electron chi connectivity index (χ0n) is 18.1. The van der Waals surface area contributed by atoms with E-state index in [4.69, 9.17) is 10.8 Å². The minimum absolute atomic E-state index is 0.0419. The summed E-state index contributed by atoms with van der Waals surface area (Å²) in [6.45, 7) is 0.880. The van der Waals surface area contributed by atoms with Crippen LogP contribution < -0.4 is 16.4 Å². The number of nitrogens with two attached hydrogens (primary N) is 1. The Bertz CT molecular complexity index is 1220. The van der Waals surface area contributed by atoms with Gasteiger partial charge in [0.15, 0.2) is 11.5 Å². The van der Waals surface area contributed by atoms with Gasteiger partial charge in [0.1, 0.15) is 0 Å². The topological polar surface area (TPSA) is 163 Å². The molecule has 4 rings (SSSR count). The molecule has 1 fully saturated rings. The molecule has 3 heterocycles. The first-order valence-electron chi connectivity index (χ1n) is 10.6. The average molecular weight is 461 g/mol. The third-order valence-electron chi connectivity index (χ3n) is 5.41. The average Bonchev–Trinajstić information content (AvgIpc) is 3.32. The van der Waals surface area contributed by atoms with E-state index >= 15 is 0 Å². The lowest BCUT2D eigenvalue weighted by atomic mass is 10.1. The van der Waals surface area contributed by atoms with Crippen LogP contribution in [0, 0.1) is 0 Å². The van der Waals surface area contributed by atoms with E-state index in [2.05, 4.69) is 25.6 Å². The lowest BCUT2D eigenvalue weighted by Gasteiger charge is -2.14. The molecular weight excluding hydrogens is 438 g/mol. The van der Waals surface area contributed by atoms with E-state index in [9.17, 15) is 14.4 Å². The van der Waals surface area contributed by atoms with E-state index in [-0.39, 0.29) is 30.0 Å². The molecule has 1 aliphatic rings. The summed E-state index contributed by atoms with van der Waals surface area (Å²) in [6, 6.07) is 10.1. The molecule has 1 atom stereocenters. The summed E-state index contributed by atoms with van der Waals surface area (Å²) < 4.78 is 0. The van der Waals surface area contributed by atoms with Crippen molar-refractivity contribution in [1.29, 1.82) is 0 Å². The number of carbonyl (C=O) groups is 3. The van der Waals surface area contributed by atoms with E-state index in [0.29, 0.717) is 36.3 Å². The second-order valence-corrected chi connectivity index (χ2v) is 7.80. The number of hydrogen-bond acceptors (Lipinski definition) is 7. The number of nitrogen functional groups attached to an aromatic ring is 1. The number of benzene rings is 1. The Balaban J connectivity index is 1.47. The number of carboxylic acid groups (broad SMARTS) is 1. The van der Waals surface area contributed by atoms with Gasteiger partial charge in [0.2, 0.25) is 0 Å². The lowest BCUT2D eigenvalue weighted by molar-refractivity contribution is 0.0928. The number of aromatic nitrogens is 3. The molecule has 3 aromatic rings. The molecule has 2 aromatic heterocycles. The van der Waals surface area contributed by atoms with Crippen molar-refractivity contribution in [1.82, 2.24) is 30.5 Å². The highest BCUT2D eigenvalue weighted by Crippen LogP contribution is 2.20. The third kappa shape index (κ3) is 5.26. The Morgan fingerprint density at radius 1 is 1.15 bits per heavy atom. The summed E-state index contributed by atoms with van der Waals surface area (Å²) in [4.78, 5) is 50.1. The summed E-state index contributed by atoms with van der Waals surface area (Å²) in [6.07, 6.45) is 4.25. The Morgan fingerprint density at radius 2 is 2.00 bits per heavy atom. The number of nitrogens with one attached hydrogen (secondary N) is 2. The molecule has 0 aliphatic carbocycles. The van der Waals surface area contributed by atoms with Crippen LogP contribution in [0.5, 0.6) is 0 Å². The lowest BCUT2D eigenvalue weighted by Crippen LogP contribution is -2.38. The van der Waals surface area contributed by atoms with Crippen LogP contribution in [0.2, 0.25) is 0 Å². The van der Waals surface area contributed by atoms with E-state index in [1.807, 2.05) is 6.07 Å². The maximum Gasteiger partial charge on any atom is 0.407 e. The van der Waals surface area contributed by atoms with Crippen molar-refractivity contribution in [2.45, 2.75) is 19.0 Å². The molecule has 1 aliphatic heterocycles. The van der Waals surface area contributed by atoms with Gasteiger partial charge in [-0.25, -0.2) is 14.8 Å². The highest BCUT2D eigenvalue weighted by molar-refractivity contribution is 5.97. The van der Waals surface area contributed by atoms with Crippen LogP contribution in [0.4, 0.5) is 10.6 Å². The van der Waals surface area contributed by atoms with E-state index in [0.717, 1.165) is 5.56 Å². The van der Waals surface area contributed by atoms with Crippen LogP contribution in [0.1, 0.15) is 32.8 Å². The number of amides is 3. The maximum atomic E-state index is 12.7. The highest BCUT2D eigenvalue weighted by Gasteiger charge is 2.28. The number of carbonyl (C=O) groups excluding carboxylic acids is 2. The van der Waals surface area contributed by atoms with E-state index in [1.165, 1.54) is 11.1 Å². The molecule has 3 amide bonds. The Morgan fingerprint density at radius 3 is 2.74 bits per heavy atom. The number of hydrogen-bond donors (Lipinski definition) is 4.